The summed E-state index contributed by atoms with van der Waals surface area (Å²) in [4.78, 5) is 29.2. The first kappa shape index (κ1) is 34.2. The average molecular weight is 649 g/mol. The van der Waals surface area contributed by atoms with E-state index in [-0.39, 0.29) is 34.8 Å². The number of nitrogens with one attached hydrogen (secondary N) is 1. The van der Waals surface area contributed by atoms with Crippen LogP contribution in [0.25, 0.3) is 0 Å². The molecule has 0 saturated heterocycles. The second-order valence-electron chi connectivity index (χ2n) is 10.5. The number of carbonyl (C=O) groups is 2. The Balaban J connectivity index is 2.14. The van der Waals surface area contributed by atoms with E-state index >= 15 is 0 Å². The number of methoxy groups -OCH3 is 1. The molecule has 3 rings (SSSR count). The van der Waals surface area contributed by atoms with Crippen LogP contribution in [-0.2, 0) is 26.2 Å². The van der Waals surface area contributed by atoms with Crippen LogP contribution >= 0.6 is 23.2 Å². The standard InChI is InChI=1S/C32H39Cl2N3O5S/c1-7-23(5)35-32(39)28(8-2)36(19-24-12-15-26(33)27(34)18-24)31(38)20-37(29-17-22(4)11-16-30(29)42-6)43(40,41)25-13-9-21(3)10-14-25/h9-18,23,28H,7-8,19-20H2,1-6H3,(H,35,39)/t23-,28-/m0/s1. The Morgan fingerprint density at radius 3 is 2.14 bits per heavy atom. The quantitative estimate of drug-likeness (QED) is 0.227. The summed E-state index contributed by atoms with van der Waals surface area (Å²) in [7, 11) is -2.80. The van der Waals surface area contributed by atoms with Crippen molar-refractivity contribution in [2.45, 2.75) is 71.0 Å². The van der Waals surface area contributed by atoms with Crippen molar-refractivity contribution in [3.8, 4) is 5.75 Å². The number of carbonyl (C=O) groups excluding carboxylic acids is 2. The Kier molecular flexibility index (Phi) is 11.9. The fourth-order valence-electron chi connectivity index (χ4n) is 4.54. The van der Waals surface area contributed by atoms with E-state index in [4.69, 9.17) is 27.9 Å². The molecule has 0 unspecified atom stereocenters. The van der Waals surface area contributed by atoms with Gasteiger partial charge in [-0.15, -0.1) is 0 Å². The highest BCUT2D eigenvalue weighted by Crippen LogP contribution is 2.34. The molecule has 43 heavy (non-hydrogen) atoms. The molecule has 232 valence electrons. The normalized spacial score (nSPS) is 12.7. The van der Waals surface area contributed by atoms with Crippen LogP contribution in [0.4, 0.5) is 5.69 Å². The lowest BCUT2D eigenvalue weighted by Crippen LogP contribution is -2.53. The van der Waals surface area contributed by atoms with Crippen LogP contribution in [0.3, 0.4) is 0 Å². The number of ether oxygens (including phenoxy) is 1. The zero-order valence-corrected chi connectivity index (χ0v) is 27.7. The number of rotatable bonds is 13. The maximum Gasteiger partial charge on any atom is 0.264 e. The van der Waals surface area contributed by atoms with Gasteiger partial charge in [0.25, 0.3) is 10.0 Å². The largest absolute Gasteiger partial charge is 0.495 e. The molecule has 0 aliphatic carbocycles. The van der Waals surface area contributed by atoms with Gasteiger partial charge in [0.1, 0.15) is 18.3 Å². The highest BCUT2D eigenvalue weighted by atomic mass is 35.5. The van der Waals surface area contributed by atoms with Gasteiger partial charge in [0.15, 0.2) is 0 Å². The molecule has 1 N–H and O–H groups in total. The van der Waals surface area contributed by atoms with Crippen LogP contribution in [0.1, 0.15) is 50.3 Å². The summed E-state index contributed by atoms with van der Waals surface area (Å²) in [5, 5.41) is 3.62. The second-order valence-corrected chi connectivity index (χ2v) is 13.2. The lowest BCUT2D eigenvalue weighted by atomic mass is 10.1. The lowest BCUT2D eigenvalue weighted by Gasteiger charge is -2.34. The minimum Gasteiger partial charge on any atom is -0.495 e. The molecule has 2 amide bonds. The molecule has 0 radical (unpaired) electrons. The van der Waals surface area contributed by atoms with Crippen molar-refractivity contribution in [3.05, 3.63) is 87.4 Å². The fourth-order valence-corrected chi connectivity index (χ4v) is 6.28. The molecule has 0 spiro atoms. The van der Waals surface area contributed by atoms with Crippen molar-refractivity contribution in [1.29, 1.82) is 0 Å². The summed E-state index contributed by atoms with van der Waals surface area (Å²) in [6, 6.07) is 15.5. The molecule has 0 aromatic heterocycles. The van der Waals surface area contributed by atoms with E-state index in [1.165, 1.54) is 24.1 Å². The molecule has 8 nitrogen and oxygen atoms in total. The molecule has 0 heterocycles. The highest BCUT2D eigenvalue weighted by molar-refractivity contribution is 7.92. The van der Waals surface area contributed by atoms with Crippen molar-refractivity contribution in [2.75, 3.05) is 18.0 Å². The van der Waals surface area contributed by atoms with Gasteiger partial charge in [-0.05, 0) is 81.1 Å². The summed E-state index contributed by atoms with van der Waals surface area (Å²) < 4.78 is 34.9. The predicted octanol–water partition coefficient (Wildman–Crippen LogP) is 6.54. The number of benzene rings is 3. The van der Waals surface area contributed by atoms with Gasteiger partial charge in [-0.1, -0.05) is 66.9 Å². The van der Waals surface area contributed by atoms with Crippen LogP contribution in [0.15, 0.2) is 65.6 Å². The summed E-state index contributed by atoms with van der Waals surface area (Å²) in [6.45, 7) is 8.75. The van der Waals surface area contributed by atoms with Crippen molar-refractivity contribution in [3.63, 3.8) is 0 Å². The van der Waals surface area contributed by atoms with Crippen LogP contribution < -0.4 is 14.4 Å². The molecule has 0 saturated carbocycles. The van der Waals surface area contributed by atoms with E-state index in [9.17, 15) is 18.0 Å². The van der Waals surface area contributed by atoms with Crippen molar-refractivity contribution in [1.82, 2.24) is 10.2 Å². The number of anilines is 1. The first-order chi connectivity index (χ1) is 20.3. The van der Waals surface area contributed by atoms with E-state index in [0.29, 0.717) is 28.5 Å². The summed E-state index contributed by atoms with van der Waals surface area (Å²) in [5.41, 5.74) is 2.52. The van der Waals surface area contributed by atoms with Gasteiger partial charge in [-0.2, -0.15) is 0 Å². The van der Waals surface area contributed by atoms with Crippen LogP contribution in [0, 0.1) is 13.8 Å². The van der Waals surface area contributed by atoms with E-state index in [0.717, 1.165) is 15.4 Å². The van der Waals surface area contributed by atoms with Gasteiger partial charge in [-0.25, -0.2) is 8.42 Å². The number of hydrogen-bond donors (Lipinski definition) is 1. The average Bonchev–Trinajstić information content (AvgIpc) is 2.97. The van der Waals surface area contributed by atoms with Gasteiger partial charge in [0, 0.05) is 12.6 Å². The summed E-state index contributed by atoms with van der Waals surface area (Å²) in [6.07, 6.45) is 1.01. The molecule has 0 fully saturated rings. The number of aryl methyl sites for hydroxylation is 2. The van der Waals surface area contributed by atoms with Gasteiger partial charge < -0.3 is 15.0 Å². The Labute approximate surface area is 265 Å². The number of amides is 2. The van der Waals surface area contributed by atoms with Gasteiger partial charge in [-0.3, -0.25) is 13.9 Å². The molecule has 3 aromatic rings. The van der Waals surface area contributed by atoms with Gasteiger partial charge in [0.05, 0.1) is 27.7 Å². The third-order valence-electron chi connectivity index (χ3n) is 7.21. The molecule has 3 aromatic carbocycles. The number of sulfonamides is 1. The molecule has 0 bridgehead atoms. The first-order valence-corrected chi connectivity index (χ1v) is 16.3. The Morgan fingerprint density at radius 1 is 0.907 bits per heavy atom. The van der Waals surface area contributed by atoms with Crippen LogP contribution in [0.5, 0.6) is 5.75 Å². The molecular formula is C32H39Cl2N3O5S. The first-order valence-electron chi connectivity index (χ1n) is 14.1. The zero-order chi connectivity index (χ0) is 31.9. The monoisotopic (exact) mass is 647 g/mol. The minimum atomic E-state index is -4.24. The zero-order valence-electron chi connectivity index (χ0n) is 25.4. The van der Waals surface area contributed by atoms with E-state index in [1.54, 1.807) is 55.5 Å². The van der Waals surface area contributed by atoms with E-state index in [2.05, 4.69) is 5.32 Å². The van der Waals surface area contributed by atoms with Crippen LogP contribution in [0.2, 0.25) is 10.0 Å². The topological polar surface area (TPSA) is 96.0 Å². The molecule has 11 heteroatoms. The number of hydrogen-bond acceptors (Lipinski definition) is 5. The maximum atomic E-state index is 14.3. The molecule has 2 atom stereocenters. The Bertz CT molecular complexity index is 1550. The Hall–Kier alpha value is -3.27. The summed E-state index contributed by atoms with van der Waals surface area (Å²) in [5.74, 6) is -0.616. The molecule has 0 aliphatic rings. The van der Waals surface area contributed by atoms with Crippen molar-refractivity contribution < 1.29 is 22.7 Å². The third-order valence-corrected chi connectivity index (χ3v) is 9.73. The van der Waals surface area contributed by atoms with Crippen LogP contribution in [-0.4, -0.2) is 50.9 Å². The number of halogens is 2. The smallest absolute Gasteiger partial charge is 0.264 e. The maximum absolute atomic E-state index is 14.3. The fraction of sp³-hybridized carbons (Fsp3) is 0.375. The van der Waals surface area contributed by atoms with Gasteiger partial charge in [0.2, 0.25) is 11.8 Å². The van der Waals surface area contributed by atoms with Crippen molar-refractivity contribution >= 4 is 50.7 Å². The van der Waals surface area contributed by atoms with Gasteiger partial charge >= 0.3 is 0 Å². The predicted molar refractivity (Wildman–Crippen MR) is 172 cm³/mol. The minimum absolute atomic E-state index is 0.00548. The van der Waals surface area contributed by atoms with Crippen molar-refractivity contribution in [2.24, 2.45) is 0 Å². The van der Waals surface area contributed by atoms with E-state index in [1.807, 2.05) is 27.7 Å². The Morgan fingerprint density at radius 2 is 1.56 bits per heavy atom. The second kappa shape index (κ2) is 14.9. The SMILES string of the molecule is CC[C@H](C)NC(=O)[C@H](CC)N(Cc1ccc(Cl)c(Cl)c1)C(=O)CN(c1cc(C)ccc1OC)S(=O)(=O)c1ccc(C)cc1. The van der Waals surface area contributed by atoms with E-state index < -0.39 is 28.5 Å². The molecular weight excluding hydrogens is 609 g/mol. The highest BCUT2D eigenvalue weighted by Gasteiger charge is 2.35. The third kappa shape index (κ3) is 8.43. The lowest BCUT2D eigenvalue weighted by molar-refractivity contribution is -0.140. The summed E-state index contributed by atoms with van der Waals surface area (Å²) >= 11 is 12.4. The molecule has 0 aliphatic heterocycles. The number of nitrogens with zero attached hydrogens (tertiary/aromatic N) is 2.